The van der Waals surface area contributed by atoms with E-state index in [2.05, 4.69) is 15.9 Å². The molecule has 0 saturated carbocycles. The Balaban J connectivity index is 3.24. The average molecular weight is 274 g/mol. The average Bonchev–Trinajstić information content (AvgIpc) is 2.11. The van der Waals surface area contributed by atoms with Crippen LogP contribution in [0.1, 0.15) is 11.1 Å². The number of hydrogen-bond donors (Lipinski definition) is 1. The van der Waals surface area contributed by atoms with Gasteiger partial charge in [-0.2, -0.15) is 0 Å². The number of carboxylic acid groups (broad SMARTS) is 1. The lowest BCUT2D eigenvalue weighted by Crippen LogP contribution is -2.03. The van der Waals surface area contributed by atoms with Gasteiger partial charge in [-0.05, 0) is 18.1 Å². The van der Waals surface area contributed by atoms with E-state index in [1.165, 1.54) is 12.1 Å². The van der Waals surface area contributed by atoms with Crippen molar-refractivity contribution in [3.8, 4) is 0 Å². The van der Waals surface area contributed by atoms with Crippen molar-refractivity contribution in [1.29, 1.82) is 0 Å². The van der Waals surface area contributed by atoms with E-state index < -0.39 is 10.9 Å². The Hall–Kier alpha value is -1.43. The molecule has 0 atom stereocenters. The minimum atomic E-state index is -1.01. The molecule has 1 aromatic carbocycles. The molecule has 0 radical (unpaired) electrons. The molecule has 0 saturated heterocycles. The van der Waals surface area contributed by atoms with Gasteiger partial charge in [0.2, 0.25) is 0 Å². The molecule has 5 nitrogen and oxygen atoms in total. The van der Waals surface area contributed by atoms with Crippen LogP contribution in [-0.2, 0) is 11.2 Å². The summed E-state index contributed by atoms with van der Waals surface area (Å²) >= 11 is 3.16. The van der Waals surface area contributed by atoms with Gasteiger partial charge in [-0.1, -0.05) is 15.9 Å². The SMILES string of the molecule is Cc1c(Br)cc([N+](=O)[O-])cc1CC(=O)O. The molecule has 1 N–H and O–H groups in total. The lowest BCUT2D eigenvalue weighted by Gasteiger charge is -2.05. The van der Waals surface area contributed by atoms with Crippen molar-refractivity contribution in [1.82, 2.24) is 0 Å². The Morgan fingerprint density at radius 3 is 2.67 bits per heavy atom. The molecule has 0 fully saturated rings. The van der Waals surface area contributed by atoms with Gasteiger partial charge in [-0.25, -0.2) is 0 Å². The maximum absolute atomic E-state index is 10.5. The van der Waals surface area contributed by atoms with E-state index in [0.29, 0.717) is 15.6 Å². The van der Waals surface area contributed by atoms with E-state index in [1.54, 1.807) is 6.92 Å². The first-order valence-electron chi connectivity index (χ1n) is 4.07. The van der Waals surface area contributed by atoms with Crippen molar-refractivity contribution in [3.05, 3.63) is 37.8 Å². The minimum Gasteiger partial charge on any atom is -0.481 e. The maximum Gasteiger partial charge on any atom is 0.307 e. The first-order chi connectivity index (χ1) is 6.91. The summed E-state index contributed by atoms with van der Waals surface area (Å²) in [5.74, 6) is -1.01. The molecular weight excluding hydrogens is 266 g/mol. The van der Waals surface area contributed by atoms with Gasteiger partial charge < -0.3 is 5.11 Å². The van der Waals surface area contributed by atoms with Gasteiger partial charge in [0.15, 0.2) is 0 Å². The predicted octanol–water partition coefficient (Wildman–Crippen LogP) is 2.29. The van der Waals surface area contributed by atoms with Crippen molar-refractivity contribution in [2.75, 3.05) is 0 Å². The molecule has 0 bridgehead atoms. The fraction of sp³-hybridized carbons (Fsp3) is 0.222. The molecule has 0 amide bonds. The predicted molar refractivity (Wildman–Crippen MR) is 56.9 cm³/mol. The van der Waals surface area contributed by atoms with Crippen LogP contribution in [0.25, 0.3) is 0 Å². The highest BCUT2D eigenvalue weighted by Crippen LogP contribution is 2.26. The third-order valence-corrected chi connectivity index (χ3v) is 2.81. The highest BCUT2D eigenvalue weighted by molar-refractivity contribution is 9.10. The first kappa shape index (κ1) is 11.6. The van der Waals surface area contributed by atoms with Crippen molar-refractivity contribution >= 4 is 27.6 Å². The number of carboxylic acids is 1. The number of carbonyl (C=O) groups is 1. The molecule has 1 rings (SSSR count). The number of non-ortho nitro benzene ring substituents is 1. The molecule has 0 aliphatic carbocycles. The third-order valence-electron chi connectivity index (χ3n) is 1.99. The van der Waals surface area contributed by atoms with Crippen LogP contribution in [-0.4, -0.2) is 16.0 Å². The summed E-state index contributed by atoms with van der Waals surface area (Å²) in [4.78, 5) is 20.5. The van der Waals surface area contributed by atoms with Crippen LogP contribution in [0, 0.1) is 17.0 Å². The Morgan fingerprint density at radius 2 is 2.20 bits per heavy atom. The van der Waals surface area contributed by atoms with Crippen LogP contribution >= 0.6 is 15.9 Å². The Morgan fingerprint density at radius 1 is 1.60 bits per heavy atom. The van der Waals surface area contributed by atoms with Gasteiger partial charge in [-0.15, -0.1) is 0 Å². The van der Waals surface area contributed by atoms with Gasteiger partial charge in [-0.3, -0.25) is 14.9 Å². The second-order valence-corrected chi connectivity index (χ2v) is 3.89. The van der Waals surface area contributed by atoms with Crippen molar-refractivity contribution in [2.24, 2.45) is 0 Å². The topological polar surface area (TPSA) is 80.4 Å². The molecule has 80 valence electrons. The van der Waals surface area contributed by atoms with E-state index in [4.69, 9.17) is 5.11 Å². The standard InChI is InChI=1S/C9H8BrNO4/c1-5-6(3-9(12)13)2-7(11(14)15)4-8(5)10/h2,4H,3H2,1H3,(H,12,13). The van der Waals surface area contributed by atoms with E-state index in [0.717, 1.165) is 0 Å². The maximum atomic E-state index is 10.5. The van der Waals surface area contributed by atoms with Crippen LogP contribution in [0.3, 0.4) is 0 Å². The van der Waals surface area contributed by atoms with Crippen LogP contribution in [0.2, 0.25) is 0 Å². The molecule has 15 heavy (non-hydrogen) atoms. The summed E-state index contributed by atoms with van der Waals surface area (Å²) in [6, 6.07) is 2.65. The number of nitro benzene ring substituents is 1. The zero-order valence-corrected chi connectivity index (χ0v) is 9.44. The molecule has 0 aliphatic heterocycles. The summed E-state index contributed by atoms with van der Waals surface area (Å²) in [7, 11) is 0. The molecule has 0 spiro atoms. The Kier molecular flexibility index (Phi) is 3.41. The number of hydrogen-bond acceptors (Lipinski definition) is 3. The number of aliphatic carboxylic acids is 1. The summed E-state index contributed by atoms with van der Waals surface area (Å²) in [5, 5.41) is 19.2. The zero-order valence-electron chi connectivity index (χ0n) is 7.86. The number of benzene rings is 1. The lowest BCUT2D eigenvalue weighted by molar-refractivity contribution is -0.385. The van der Waals surface area contributed by atoms with Crippen LogP contribution < -0.4 is 0 Å². The van der Waals surface area contributed by atoms with E-state index in [1.807, 2.05) is 0 Å². The fourth-order valence-corrected chi connectivity index (χ4v) is 1.66. The quantitative estimate of drug-likeness (QED) is 0.677. The highest BCUT2D eigenvalue weighted by Gasteiger charge is 2.14. The van der Waals surface area contributed by atoms with E-state index >= 15 is 0 Å². The van der Waals surface area contributed by atoms with E-state index in [-0.39, 0.29) is 12.1 Å². The summed E-state index contributed by atoms with van der Waals surface area (Å²) < 4.78 is 0.549. The number of rotatable bonds is 3. The largest absolute Gasteiger partial charge is 0.481 e. The molecule has 1 aromatic rings. The molecule has 0 unspecified atom stereocenters. The Bertz CT molecular complexity index is 430. The fourth-order valence-electron chi connectivity index (χ4n) is 1.17. The van der Waals surface area contributed by atoms with Crippen LogP contribution in [0.5, 0.6) is 0 Å². The number of nitro groups is 1. The molecule has 0 aromatic heterocycles. The smallest absolute Gasteiger partial charge is 0.307 e. The summed E-state index contributed by atoms with van der Waals surface area (Å²) in [6.07, 6.45) is -0.216. The van der Waals surface area contributed by atoms with Crippen molar-refractivity contribution in [2.45, 2.75) is 13.3 Å². The molecule has 0 aliphatic rings. The monoisotopic (exact) mass is 273 g/mol. The van der Waals surface area contributed by atoms with Gasteiger partial charge in [0.1, 0.15) is 0 Å². The first-order valence-corrected chi connectivity index (χ1v) is 4.86. The summed E-state index contributed by atoms with van der Waals surface area (Å²) in [5.41, 5.74) is 1.05. The normalized spacial score (nSPS) is 10.0. The van der Waals surface area contributed by atoms with Gasteiger partial charge in [0.25, 0.3) is 5.69 Å². The second-order valence-electron chi connectivity index (χ2n) is 3.04. The van der Waals surface area contributed by atoms with Crippen molar-refractivity contribution < 1.29 is 14.8 Å². The van der Waals surface area contributed by atoms with Gasteiger partial charge in [0, 0.05) is 16.6 Å². The molecular formula is C9H8BrNO4. The zero-order chi connectivity index (χ0) is 11.6. The number of nitrogens with zero attached hydrogens (tertiary/aromatic N) is 1. The Labute approximate surface area is 94.0 Å². The second kappa shape index (κ2) is 4.39. The van der Waals surface area contributed by atoms with Crippen LogP contribution in [0.4, 0.5) is 5.69 Å². The highest BCUT2D eigenvalue weighted by atomic mass is 79.9. The molecule has 6 heteroatoms. The summed E-state index contributed by atoms with van der Waals surface area (Å²) in [6.45, 7) is 1.71. The van der Waals surface area contributed by atoms with Gasteiger partial charge >= 0.3 is 5.97 Å². The third kappa shape index (κ3) is 2.76. The van der Waals surface area contributed by atoms with Crippen LogP contribution in [0.15, 0.2) is 16.6 Å². The van der Waals surface area contributed by atoms with Gasteiger partial charge in [0.05, 0.1) is 11.3 Å². The van der Waals surface area contributed by atoms with E-state index in [9.17, 15) is 14.9 Å². The minimum absolute atomic E-state index is 0.108. The van der Waals surface area contributed by atoms with Crippen molar-refractivity contribution in [3.63, 3.8) is 0 Å². The lowest BCUT2D eigenvalue weighted by atomic mass is 10.1. The molecule has 0 heterocycles. The number of halogens is 1.